The summed E-state index contributed by atoms with van der Waals surface area (Å²) in [6, 6.07) is 0. The van der Waals surface area contributed by atoms with Crippen LogP contribution in [0.15, 0.2) is 0 Å². The molecule has 5 aliphatic carbocycles. The van der Waals surface area contributed by atoms with Crippen molar-refractivity contribution in [1.29, 1.82) is 0 Å². The molecule has 0 aliphatic heterocycles. The Morgan fingerprint density at radius 3 is 1.92 bits per heavy atom. The van der Waals surface area contributed by atoms with Crippen LogP contribution >= 0.6 is 0 Å². The first kappa shape index (κ1) is 39.5. The summed E-state index contributed by atoms with van der Waals surface area (Å²) < 4.78 is 23.2. The molecule has 0 saturated heterocycles. The summed E-state index contributed by atoms with van der Waals surface area (Å²) in [5.41, 5.74) is -1.57. The van der Waals surface area contributed by atoms with Crippen molar-refractivity contribution >= 4 is 17.9 Å². The maximum Gasteiger partial charge on any atom is 0.315 e. The van der Waals surface area contributed by atoms with E-state index >= 15 is 0 Å². The molecule has 5 unspecified atom stereocenters. The van der Waals surface area contributed by atoms with Crippen LogP contribution in [0.1, 0.15) is 147 Å². The Balaban J connectivity index is 1.38. The number of aliphatic hydroxyl groups is 1. The third kappa shape index (κ3) is 6.26. The Hall–Kier alpha value is -1.67. The third-order valence-electron chi connectivity index (χ3n) is 15.9. The molecule has 0 amide bonds. The first-order chi connectivity index (χ1) is 23.0. The molecule has 8 heteroatoms. The van der Waals surface area contributed by atoms with Crippen molar-refractivity contribution in [3.8, 4) is 0 Å². The SMILES string of the molecule is CC(CO)[C@@H]1CC[C@]2(C(=O)OCOC(=O)C(C)(C)C)CC[C@]3(C)C(CCC4[C@@]5(C)CC[C@H](OCOC(=O)C(C)(C)C)C(C)(C)C5CC[C@]43C)C12. The normalized spacial score (nSPS) is 41.5. The molecule has 5 rings (SSSR count). The lowest BCUT2D eigenvalue weighted by Crippen LogP contribution is -2.67. The summed E-state index contributed by atoms with van der Waals surface area (Å²) in [4.78, 5) is 39.1. The second-order valence-corrected chi connectivity index (χ2v) is 20.8. The van der Waals surface area contributed by atoms with Gasteiger partial charge in [0.1, 0.15) is 0 Å². The molecule has 8 nitrogen and oxygen atoms in total. The van der Waals surface area contributed by atoms with Gasteiger partial charge in [0.25, 0.3) is 0 Å². The molecule has 5 fully saturated rings. The van der Waals surface area contributed by atoms with Gasteiger partial charge in [0.2, 0.25) is 6.79 Å². The Bertz CT molecular complexity index is 1290. The lowest BCUT2D eigenvalue weighted by atomic mass is 9.32. The number of hydrogen-bond acceptors (Lipinski definition) is 8. The maximum absolute atomic E-state index is 14.2. The number of rotatable bonds is 8. The summed E-state index contributed by atoms with van der Waals surface area (Å²) in [5, 5.41) is 10.4. The Morgan fingerprint density at radius 2 is 1.32 bits per heavy atom. The van der Waals surface area contributed by atoms with Crippen LogP contribution in [-0.4, -0.2) is 49.3 Å². The van der Waals surface area contributed by atoms with E-state index in [1.165, 1.54) is 0 Å². The van der Waals surface area contributed by atoms with Crippen molar-refractivity contribution in [1.82, 2.24) is 0 Å². The number of hydrogen-bond donors (Lipinski definition) is 1. The molecule has 50 heavy (non-hydrogen) atoms. The fourth-order valence-electron chi connectivity index (χ4n) is 12.9. The van der Waals surface area contributed by atoms with Crippen LogP contribution < -0.4 is 0 Å². The largest absolute Gasteiger partial charge is 0.438 e. The van der Waals surface area contributed by atoms with Gasteiger partial charge in [-0.05, 0) is 163 Å². The minimum atomic E-state index is -0.666. The van der Waals surface area contributed by atoms with E-state index in [2.05, 4.69) is 41.5 Å². The molecule has 0 spiro atoms. The second-order valence-electron chi connectivity index (χ2n) is 20.8. The van der Waals surface area contributed by atoms with Gasteiger partial charge in [-0.3, -0.25) is 14.4 Å². The third-order valence-corrected chi connectivity index (χ3v) is 15.9. The summed E-state index contributed by atoms with van der Waals surface area (Å²) in [7, 11) is 0. The van der Waals surface area contributed by atoms with Gasteiger partial charge in [0.15, 0.2) is 6.79 Å². The lowest BCUT2D eigenvalue weighted by Gasteiger charge is -2.73. The highest BCUT2D eigenvalue weighted by molar-refractivity contribution is 5.79. The molecule has 0 bridgehead atoms. The van der Waals surface area contributed by atoms with E-state index in [0.717, 1.165) is 64.2 Å². The zero-order valence-corrected chi connectivity index (χ0v) is 33.5. The number of ether oxygens (including phenoxy) is 4. The summed E-state index contributed by atoms with van der Waals surface area (Å²) in [6.45, 7) is 25.4. The van der Waals surface area contributed by atoms with Gasteiger partial charge in [-0.25, -0.2) is 0 Å². The van der Waals surface area contributed by atoms with Gasteiger partial charge in [-0.2, -0.15) is 0 Å². The zero-order chi connectivity index (χ0) is 37.3. The zero-order valence-electron chi connectivity index (χ0n) is 33.5. The molecule has 286 valence electrons. The fourth-order valence-corrected chi connectivity index (χ4v) is 12.9. The molecule has 0 radical (unpaired) electrons. The standard InChI is InChI=1S/C42H70O8/c1-26(23-43)27-15-20-42(35(46)50-25-49-34(45)37(5,6)7)22-21-40(11)28(32(27)42)13-14-30-39(10)18-17-31(47-24-48-33(44)36(2,3)4)38(8,9)29(39)16-19-41(30,40)12/h26-32,43H,13-25H2,1-12H3/t26?,27-,28?,29?,30?,31-,32?,39-,40+,41+,42-/m0/s1. The lowest BCUT2D eigenvalue weighted by molar-refractivity contribution is -0.259. The average molecular weight is 703 g/mol. The van der Waals surface area contributed by atoms with Gasteiger partial charge < -0.3 is 24.1 Å². The monoisotopic (exact) mass is 703 g/mol. The fraction of sp³-hybridized carbons (Fsp3) is 0.929. The van der Waals surface area contributed by atoms with Crippen molar-refractivity contribution in [3.63, 3.8) is 0 Å². The van der Waals surface area contributed by atoms with Crippen LogP contribution in [-0.2, 0) is 33.3 Å². The highest BCUT2D eigenvalue weighted by Gasteiger charge is 2.72. The van der Waals surface area contributed by atoms with E-state index in [4.69, 9.17) is 18.9 Å². The molecule has 11 atom stereocenters. The van der Waals surface area contributed by atoms with Crippen LogP contribution in [0.25, 0.3) is 0 Å². The molecular weight excluding hydrogens is 632 g/mol. The predicted octanol–water partition coefficient (Wildman–Crippen LogP) is 8.72. The molecule has 0 aromatic heterocycles. The van der Waals surface area contributed by atoms with Crippen LogP contribution in [0.2, 0.25) is 0 Å². The first-order valence-electron chi connectivity index (χ1n) is 19.7. The van der Waals surface area contributed by atoms with Crippen LogP contribution in [0, 0.1) is 73.4 Å². The van der Waals surface area contributed by atoms with Gasteiger partial charge in [0, 0.05) is 6.61 Å². The van der Waals surface area contributed by atoms with Crippen molar-refractivity contribution in [3.05, 3.63) is 0 Å². The van der Waals surface area contributed by atoms with Crippen molar-refractivity contribution in [2.75, 3.05) is 20.2 Å². The minimum absolute atomic E-state index is 0.00650. The Labute approximate surface area is 302 Å². The van der Waals surface area contributed by atoms with E-state index in [0.29, 0.717) is 17.8 Å². The van der Waals surface area contributed by atoms with Gasteiger partial charge in [-0.1, -0.05) is 41.5 Å². The van der Waals surface area contributed by atoms with Gasteiger partial charge in [0.05, 0.1) is 22.3 Å². The number of esters is 3. The molecule has 5 aliphatic rings. The van der Waals surface area contributed by atoms with Crippen molar-refractivity contribution < 1.29 is 38.4 Å². The van der Waals surface area contributed by atoms with Crippen molar-refractivity contribution in [2.45, 2.75) is 153 Å². The minimum Gasteiger partial charge on any atom is -0.438 e. The number of fused-ring (bicyclic) bond motifs is 7. The second kappa shape index (κ2) is 13.3. The average Bonchev–Trinajstić information content (AvgIpc) is 3.42. The van der Waals surface area contributed by atoms with Gasteiger partial charge >= 0.3 is 17.9 Å². The van der Waals surface area contributed by atoms with Gasteiger partial charge in [-0.15, -0.1) is 0 Å². The molecule has 0 aromatic carbocycles. The predicted molar refractivity (Wildman–Crippen MR) is 192 cm³/mol. The highest BCUT2D eigenvalue weighted by Crippen LogP contribution is 2.77. The Morgan fingerprint density at radius 1 is 0.700 bits per heavy atom. The summed E-state index contributed by atoms with van der Waals surface area (Å²) >= 11 is 0. The van der Waals surface area contributed by atoms with Crippen LogP contribution in [0.4, 0.5) is 0 Å². The quantitative estimate of drug-likeness (QED) is 0.198. The molecule has 0 heterocycles. The smallest absolute Gasteiger partial charge is 0.315 e. The Kier molecular flexibility index (Phi) is 10.5. The molecule has 0 aromatic rings. The van der Waals surface area contributed by atoms with E-state index < -0.39 is 16.2 Å². The summed E-state index contributed by atoms with van der Waals surface area (Å²) in [6.07, 6.45) is 10.0. The molecule has 1 N–H and O–H groups in total. The molecular formula is C42H70O8. The topological polar surface area (TPSA) is 108 Å². The van der Waals surface area contributed by atoms with E-state index in [-0.39, 0.29) is 83.6 Å². The van der Waals surface area contributed by atoms with Crippen LogP contribution in [0.3, 0.4) is 0 Å². The van der Waals surface area contributed by atoms with Crippen molar-refractivity contribution in [2.24, 2.45) is 73.4 Å². The van der Waals surface area contributed by atoms with E-state index in [9.17, 15) is 19.5 Å². The van der Waals surface area contributed by atoms with Crippen LogP contribution in [0.5, 0.6) is 0 Å². The maximum atomic E-state index is 14.2. The number of carbonyl (C=O) groups is 3. The highest BCUT2D eigenvalue weighted by atomic mass is 16.7. The first-order valence-corrected chi connectivity index (χ1v) is 19.7. The number of aliphatic hydroxyl groups excluding tert-OH is 1. The molecule has 5 saturated carbocycles. The summed E-state index contributed by atoms with van der Waals surface area (Å²) in [5.74, 6) is 1.07. The number of carbonyl (C=O) groups excluding carboxylic acids is 3. The van der Waals surface area contributed by atoms with E-state index in [1.54, 1.807) is 20.8 Å². The van der Waals surface area contributed by atoms with E-state index in [1.807, 2.05) is 20.8 Å².